The maximum absolute atomic E-state index is 13.2. The standard InChI is InChI=1S/C15H26F3N/c1-19-14(10-11-6-2-3-7-11)12-8-4-5-9-13(12)15(16,17)18/h11-14,19H,2-10H2,1H3. The predicted octanol–water partition coefficient (Wildman–Crippen LogP) is 4.52. The van der Waals surface area contributed by atoms with Gasteiger partial charge in [-0.05, 0) is 38.1 Å². The molecule has 0 radical (unpaired) electrons. The summed E-state index contributed by atoms with van der Waals surface area (Å²) in [5, 5.41) is 3.20. The van der Waals surface area contributed by atoms with Gasteiger partial charge in [0.1, 0.15) is 0 Å². The third kappa shape index (κ3) is 3.87. The Hall–Kier alpha value is -0.250. The van der Waals surface area contributed by atoms with E-state index >= 15 is 0 Å². The summed E-state index contributed by atoms with van der Waals surface area (Å²) in [6, 6.07) is 0.0509. The molecule has 0 bridgehead atoms. The van der Waals surface area contributed by atoms with Gasteiger partial charge in [-0.25, -0.2) is 0 Å². The third-order valence-electron chi connectivity index (χ3n) is 5.19. The van der Waals surface area contributed by atoms with Crippen LogP contribution >= 0.6 is 0 Å². The van der Waals surface area contributed by atoms with Crippen LogP contribution in [0.15, 0.2) is 0 Å². The first-order valence-electron chi connectivity index (χ1n) is 7.76. The molecule has 0 aromatic rings. The Morgan fingerprint density at radius 2 is 1.58 bits per heavy atom. The average molecular weight is 277 g/mol. The van der Waals surface area contributed by atoms with Crippen LogP contribution in [0.1, 0.15) is 57.8 Å². The zero-order valence-electron chi connectivity index (χ0n) is 11.8. The first kappa shape index (κ1) is 15.1. The summed E-state index contributed by atoms with van der Waals surface area (Å²) in [5.41, 5.74) is 0. The lowest BCUT2D eigenvalue weighted by Gasteiger charge is -2.39. The van der Waals surface area contributed by atoms with Gasteiger partial charge in [-0.1, -0.05) is 38.5 Å². The van der Waals surface area contributed by atoms with Crippen LogP contribution in [0, 0.1) is 17.8 Å². The Morgan fingerprint density at radius 1 is 1.00 bits per heavy atom. The molecule has 4 heteroatoms. The monoisotopic (exact) mass is 277 g/mol. The summed E-state index contributed by atoms with van der Waals surface area (Å²) >= 11 is 0. The summed E-state index contributed by atoms with van der Waals surface area (Å²) in [6.07, 6.45) is 4.62. The molecule has 0 amide bonds. The molecule has 0 saturated heterocycles. The van der Waals surface area contributed by atoms with Crippen LogP contribution in [-0.4, -0.2) is 19.3 Å². The first-order valence-corrected chi connectivity index (χ1v) is 7.76. The van der Waals surface area contributed by atoms with Crippen LogP contribution in [0.2, 0.25) is 0 Å². The van der Waals surface area contributed by atoms with Crippen LogP contribution in [0.3, 0.4) is 0 Å². The van der Waals surface area contributed by atoms with Gasteiger partial charge in [0.2, 0.25) is 0 Å². The first-order chi connectivity index (χ1) is 9.02. The zero-order valence-corrected chi connectivity index (χ0v) is 11.8. The lowest BCUT2D eigenvalue weighted by molar-refractivity contribution is -0.199. The Morgan fingerprint density at radius 3 is 2.16 bits per heavy atom. The fourth-order valence-corrected chi connectivity index (χ4v) is 4.16. The van der Waals surface area contributed by atoms with Gasteiger partial charge in [0.15, 0.2) is 0 Å². The van der Waals surface area contributed by atoms with E-state index in [-0.39, 0.29) is 12.0 Å². The van der Waals surface area contributed by atoms with E-state index in [1.807, 2.05) is 7.05 Å². The van der Waals surface area contributed by atoms with Crippen molar-refractivity contribution in [2.45, 2.75) is 70.0 Å². The van der Waals surface area contributed by atoms with Gasteiger partial charge in [0.25, 0.3) is 0 Å². The van der Waals surface area contributed by atoms with Crippen LogP contribution in [0.5, 0.6) is 0 Å². The van der Waals surface area contributed by atoms with Gasteiger partial charge in [-0.3, -0.25) is 0 Å². The molecule has 0 heterocycles. The van der Waals surface area contributed by atoms with E-state index in [0.29, 0.717) is 12.3 Å². The van der Waals surface area contributed by atoms with Crippen molar-refractivity contribution in [1.29, 1.82) is 0 Å². The molecular weight excluding hydrogens is 251 g/mol. The van der Waals surface area contributed by atoms with Gasteiger partial charge >= 0.3 is 6.18 Å². The highest BCUT2D eigenvalue weighted by Crippen LogP contribution is 2.44. The van der Waals surface area contributed by atoms with Crippen molar-refractivity contribution < 1.29 is 13.2 Å². The van der Waals surface area contributed by atoms with Gasteiger partial charge in [-0.15, -0.1) is 0 Å². The number of halogens is 3. The minimum absolute atomic E-state index is 0.0509. The highest BCUT2D eigenvalue weighted by Gasteiger charge is 2.47. The van der Waals surface area contributed by atoms with Gasteiger partial charge in [-0.2, -0.15) is 13.2 Å². The van der Waals surface area contributed by atoms with Gasteiger partial charge in [0, 0.05) is 6.04 Å². The molecule has 2 aliphatic rings. The number of hydrogen-bond donors (Lipinski definition) is 1. The molecule has 112 valence electrons. The van der Waals surface area contributed by atoms with E-state index in [4.69, 9.17) is 0 Å². The number of alkyl halides is 3. The van der Waals surface area contributed by atoms with Crippen molar-refractivity contribution in [3.63, 3.8) is 0 Å². The molecule has 1 nitrogen and oxygen atoms in total. The second-order valence-corrected chi connectivity index (χ2v) is 6.38. The van der Waals surface area contributed by atoms with Crippen LogP contribution in [0.25, 0.3) is 0 Å². The molecule has 0 aliphatic heterocycles. The van der Waals surface area contributed by atoms with Gasteiger partial charge in [0.05, 0.1) is 5.92 Å². The molecular formula is C15H26F3N. The second kappa shape index (κ2) is 6.47. The van der Waals surface area contributed by atoms with Crippen LogP contribution in [0.4, 0.5) is 13.2 Å². The van der Waals surface area contributed by atoms with E-state index in [2.05, 4.69) is 5.32 Å². The molecule has 1 N–H and O–H groups in total. The van der Waals surface area contributed by atoms with E-state index < -0.39 is 12.1 Å². The Balaban J connectivity index is 2.01. The zero-order chi connectivity index (χ0) is 13.9. The van der Waals surface area contributed by atoms with E-state index in [0.717, 1.165) is 25.7 Å². The molecule has 3 atom stereocenters. The van der Waals surface area contributed by atoms with Crippen LogP contribution < -0.4 is 5.32 Å². The second-order valence-electron chi connectivity index (χ2n) is 6.38. The fraction of sp³-hybridized carbons (Fsp3) is 1.00. The molecule has 0 spiro atoms. The fourth-order valence-electron chi connectivity index (χ4n) is 4.16. The Labute approximate surface area is 114 Å². The van der Waals surface area contributed by atoms with E-state index in [1.54, 1.807) is 0 Å². The smallest absolute Gasteiger partial charge is 0.317 e. The van der Waals surface area contributed by atoms with Crippen molar-refractivity contribution in [2.24, 2.45) is 17.8 Å². The van der Waals surface area contributed by atoms with Crippen molar-refractivity contribution in [3.8, 4) is 0 Å². The molecule has 0 aromatic carbocycles. The lowest BCUT2D eigenvalue weighted by atomic mass is 9.72. The van der Waals surface area contributed by atoms with Crippen LogP contribution in [-0.2, 0) is 0 Å². The maximum Gasteiger partial charge on any atom is 0.392 e. The minimum atomic E-state index is -4.02. The molecule has 19 heavy (non-hydrogen) atoms. The maximum atomic E-state index is 13.2. The van der Waals surface area contributed by atoms with Crippen molar-refractivity contribution in [3.05, 3.63) is 0 Å². The van der Waals surface area contributed by atoms with Crippen molar-refractivity contribution in [2.75, 3.05) is 7.05 Å². The number of nitrogens with one attached hydrogen (secondary N) is 1. The summed E-state index contributed by atoms with van der Waals surface area (Å²) in [6.45, 7) is 0. The summed E-state index contributed by atoms with van der Waals surface area (Å²) in [5.74, 6) is -0.646. The topological polar surface area (TPSA) is 12.0 Å². The number of hydrogen-bond acceptors (Lipinski definition) is 1. The molecule has 3 unspecified atom stereocenters. The predicted molar refractivity (Wildman–Crippen MR) is 70.9 cm³/mol. The minimum Gasteiger partial charge on any atom is -0.317 e. The highest BCUT2D eigenvalue weighted by molar-refractivity contribution is 4.89. The summed E-state index contributed by atoms with van der Waals surface area (Å²) in [7, 11) is 1.83. The lowest BCUT2D eigenvalue weighted by Crippen LogP contribution is -2.45. The van der Waals surface area contributed by atoms with E-state index in [9.17, 15) is 13.2 Å². The number of rotatable bonds is 4. The SMILES string of the molecule is CNC(CC1CCCC1)C1CCCCC1C(F)(F)F. The molecule has 2 aliphatic carbocycles. The molecule has 2 rings (SSSR count). The largest absolute Gasteiger partial charge is 0.392 e. The Bertz CT molecular complexity index is 271. The van der Waals surface area contributed by atoms with Gasteiger partial charge < -0.3 is 5.32 Å². The van der Waals surface area contributed by atoms with Crippen molar-refractivity contribution in [1.82, 2.24) is 5.32 Å². The molecule has 2 saturated carbocycles. The normalized spacial score (nSPS) is 31.6. The van der Waals surface area contributed by atoms with Crippen molar-refractivity contribution >= 4 is 0 Å². The highest BCUT2D eigenvalue weighted by atomic mass is 19.4. The Kier molecular flexibility index (Phi) is 5.15. The molecule has 0 aromatic heterocycles. The van der Waals surface area contributed by atoms with E-state index in [1.165, 1.54) is 25.7 Å². The third-order valence-corrected chi connectivity index (χ3v) is 5.19. The summed E-state index contributed by atoms with van der Waals surface area (Å²) < 4.78 is 39.5. The summed E-state index contributed by atoms with van der Waals surface area (Å²) in [4.78, 5) is 0. The quantitative estimate of drug-likeness (QED) is 0.796. The average Bonchev–Trinajstić information content (AvgIpc) is 2.88. The molecule has 2 fully saturated rings.